The topological polar surface area (TPSA) is 150 Å². The molecule has 0 bridgehead atoms. The first kappa shape index (κ1) is 21.4. The first-order valence-corrected chi connectivity index (χ1v) is 8.96. The van der Waals surface area contributed by atoms with Crippen LogP contribution in [-0.2, 0) is 6.61 Å². The zero-order valence-corrected chi connectivity index (χ0v) is 16.7. The molecule has 2 heterocycles. The second-order valence-electron chi connectivity index (χ2n) is 6.77. The van der Waals surface area contributed by atoms with E-state index in [0.29, 0.717) is 5.56 Å². The molecule has 11 heteroatoms. The van der Waals surface area contributed by atoms with Gasteiger partial charge in [-0.3, -0.25) is 4.79 Å². The molecule has 0 unspecified atom stereocenters. The molecule has 10 nitrogen and oxygen atoms in total. The van der Waals surface area contributed by atoms with Gasteiger partial charge in [0.15, 0.2) is 0 Å². The van der Waals surface area contributed by atoms with Crippen molar-refractivity contribution in [3.8, 4) is 16.9 Å². The van der Waals surface area contributed by atoms with Crippen LogP contribution in [0.1, 0.15) is 15.9 Å². The lowest BCUT2D eigenvalue weighted by Crippen LogP contribution is -2.24. The summed E-state index contributed by atoms with van der Waals surface area (Å²) in [6.45, 7) is -0.0483. The van der Waals surface area contributed by atoms with Crippen molar-refractivity contribution in [2.45, 2.75) is 6.61 Å². The quantitative estimate of drug-likeness (QED) is 0.347. The Labute approximate surface area is 176 Å². The van der Waals surface area contributed by atoms with Gasteiger partial charge in [0.05, 0.1) is 5.56 Å². The Morgan fingerprint density at radius 1 is 1.23 bits per heavy atom. The molecule has 3 rings (SSSR count). The maximum Gasteiger partial charge on any atom is 0.406 e. The number of aromatic nitrogens is 2. The van der Waals surface area contributed by atoms with Crippen LogP contribution in [0.4, 0.5) is 21.7 Å². The number of nitro groups is 1. The Kier molecular flexibility index (Phi) is 5.95. The summed E-state index contributed by atoms with van der Waals surface area (Å²) in [6, 6.07) is 7.23. The van der Waals surface area contributed by atoms with Crippen molar-refractivity contribution in [2.75, 3.05) is 25.6 Å². The Hall–Kier alpha value is -4.28. The summed E-state index contributed by atoms with van der Waals surface area (Å²) >= 11 is 0. The van der Waals surface area contributed by atoms with Crippen LogP contribution in [0.5, 0.6) is 5.75 Å². The standard InChI is InChI=1S/C20H19FN6O4/c1-26(2)20(28)17-14(22)4-3-13(18(17)21)12-8-15(19(25-9-12)27(29)30)31-10-11-5-6-24-16(23)7-11/h3-9H,10,22H2,1-2H3,(H2,23,24). The summed E-state index contributed by atoms with van der Waals surface area (Å²) in [6.07, 6.45) is 2.61. The smallest absolute Gasteiger partial charge is 0.406 e. The summed E-state index contributed by atoms with van der Waals surface area (Å²) in [5.74, 6) is -1.91. The minimum absolute atomic E-state index is 0.000182. The van der Waals surface area contributed by atoms with Crippen molar-refractivity contribution in [3.63, 3.8) is 0 Å². The summed E-state index contributed by atoms with van der Waals surface area (Å²) in [7, 11) is 2.94. The van der Waals surface area contributed by atoms with E-state index in [-0.39, 0.29) is 40.6 Å². The molecule has 0 aliphatic carbocycles. The van der Waals surface area contributed by atoms with Crippen molar-refractivity contribution >= 4 is 23.2 Å². The number of halogens is 1. The van der Waals surface area contributed by atoms with Crippen LogP contribution in [0.3, 0.4) is 0 Å². The van der Waals surface area contributed by atoms with Gasteiger partial charge in [-0.25, -0.2) is 9.37 Å². The zero-order valence-electron chi connectivity index (χ0n) is 16.7. The third kappa shape index (κ3) is 4.50. The Morgan fingerprint density at radius 3 is 2.61 bits per heavy atom. The third-order valence-corrected chi connectivity index (χ3v) is 4.35. The van der Waals surface area contributed by atoms with Crippen LogP contribution in [0, 0.1) is 15.9 Å². The lowest BCUT2D eigenvalue weighted by atomic mass is 10.0. The van der Waals surface area contributed by atoms with Gasteiger partial charge in [-0.15, -0.1) is 0 Å². The predicted octanol–water partition coefficient (Wildman–Crippen LogP) is 2.64. The van der Waals surface area contributed by atoms with Crippen LogP contribution in [0.15, 0.2) is 42.7 Å². The van der Waals surface area contributed by atoms with Gasteiger partial charge in [-0.1, -0.05) is 0 Å². The van der Waals surface area contributed by atoms with Crippen LogP contribution in [0.2, 0.25) is 0 Å². The number of ether oxygens (including phenoxy) is 1. The Balaban J connectivity index is 2.03. The van der Waals surface area contributed by atoms with Gasteiger partial charge in [0.25, 0.3) is 5.91 Å². The van der Waals surface area contributed by atoms with Gasteiger partial charge < -0.3 is 31.2 Å². The molecule has 4 N–H and O–H groups in total. The van der Waals surface area contributed by atoms with E-state index >= 15 is 4.39 Å². The number of carbonyl (C=O) groups is 1. The first-order valence-electron chi connectivity index (χ1n) is 8.96. The van der Waals surface area contributed by atoms with E-state index in [9.17, 15) is 14.9 Å². The van der Waals surface area contributed by atoms with Crippen molar-refractivity contribution < 1.29 is 18.8 Å². The number of nitrogens with two attached hydrogens (primary N) is 2. The zero-order chi connectivity index (χ0) is 22.7. The van der Waals surface area contributed by atoms with E-state index < -0.39 is 22.5 Å². The highest BCUT2D eigenvalue weighted by atomic mass is 19.1. The number of carbonyl (C=O) groups excluding carboxylic acids is 1. The van der Waals surface area contributed by atoms with Gasteiger partial charge in [-0.2, -0.15) is 0 Å². The van der Waals surface area contributed by atoms with Gasteiger partial charge in [-0.05, 0) is 39.7 Å². The number of rotatable bonds is 6. The summed E-state index contributed by atoms with van der Waals surface area (Å²) in [5.41, 5.74) is 11.9. The van der Waals surface area contributed by atoms with Gasteiger partial charge >= 0.3 is 5.82 Å². The molecule has 1 amide bonds. The minimum atomic E-state index is -0.859. The number of hydrogen-bond donors (Lipinski definition) is 2. The minimum Gasteiger partial charge on any atom is -0.481 e. The average molecular weight is 426 g/mol. The molecule has 0 aliphatic heterocycles. The average Bonchev–Trinajstić information content (AvgIpc) is 2.72. The molecule has 3 aromatic rings. The van der Waals surface area contributed by atoms with E-state index in [2.05, 4.69) is 9.97 Å². The molecule has 0 atom stereocenters. The molecule has 31 heavy (non-hydrogen) atoms. The number of amides is 1. The molecule has 160 valence electrons. The van der Waals surface area contributed by atoms with Crippen LogP contribution >= 0.6 is 0 Å². The molecular formula is C20H19FN6O4. The van der Waals surface area contributed by atoms with Crippen LogP contribution < -0.4 is 16.2 Å². The highest BCUT2D eigenvalue weighted by Crippen LogP contribution is 2.34. The number of anilines is 2. The Bertz CT molecular complexity index is 1170. The molecule has 0 radical (unpaired) electrons. The van der Waals surface area contributed by atoms with Crippen LogP contribution in [-0.4, -0.2) is 39.8 Å². The number of benzene rings is 1. The lowest BCUT2D eigenvalue weighted by Gasteiger charge is -2.15. The molecule has 0 saturated heterocycles. The lowest BCUT2D eigenvalue weighted by molar-refractivity contribution is -0.390. The van der Waals surface area contributed by atoms with Crippen molar-refractivity contribution in [1.82, 2.24) is 14.9 Å². The second-order valence-corrected chi connectivity index (χ2v) is 6.77. The molecule has 0 aliphatic rings. The second kappa shape index (κ2) is 8.61. The highest BCUT2D eigenvalue weighted by molar-refractivity contribution is 6.00. The molecule has 2 aromatic heterocycles. The number of pyridine rings is 2. The fourth-order valence-electron chi connectivity index (χ4n) is 2.83. The van der Waals surface area contributed by atoms with E-state index in [1.54, 1.807) is 12.1 Å². The van der Waals surface area contributed by atoms with E-state index in [0.717, 1.165) is 6.20 Å². The van der Waals surface area contributed by atoms with Crippen LogP contribution in [0.25, 0.3) is 11.1 Å². The maximum atomic E-state index is 15.2. The number of nitrogens with zero attached hydrogens (tertiary/aromatic N) is 4. The highest BCUT2D eigenvalue weighted by Gasteiger charge is 2.24. The van der Waals surface area contributed by atoms with Crippen molar-refractivity contribution in [2.24, 2.45) is 0 Å². The number of nitrogen functional groups attached to an aromatic ring is 2. The molecular weight excluding hydrogens is 407 g/mol. The monoisotopic (exact) mass is 426 g/mol. The molecule has 0 saturated carbocycles. The van der Waals surface area contributed by atoms with Gasteiger partial charge in [0.1, 0.15) is 24.4 Å². The van der Waals surface area contributed by atoms with Crippen molar-refractivity contribution in [1.29, 1.82) is 0 Å². The number of hydrogen-bond acceptors (Lipinski definition) is 8. The third-order valence-electron chi connectivity index (χ3n) is 4.35. The van der Waals surface area contributed by atoms with Gasteiger partial charge in [0, 0.05) is 43.2 Å². The largest absolute Gasteiger partial charge is 0.481 e. The summed E-state index contributed by atoms with van der Waals surface area (Å²) in [5, 5.41) is 11.4. The fraction of sp³-hybridized carbons (Fsp3) is 0.150. The van der Waals surface area contributed by atoms with Crippen molar-refractivity contribution in [3.05, 3.63) is 69.8 Å². The molecule has 1 aromatic carbocycles. The van der Waals surface area contributed by atoms with Gasteiger partial charge in [0.2, 0.25) is 5.75 Å². The van der Waals surface area contributed by atoms with E-state index in [1.807, 2.05) is 0 Å². The summed E-state index contributed by atoms with van der Waals surface area (Å²) < 4.78 is 20.7. The molecule has 0 spiro atoms. The van der Waals surface area contributed by atoms with E-state index in [4.69, 9.17) is 16.2 Å². The molecule has 0 fully saturated rings. The summed E-state index contributed by atoms with van der Waals surface area (Å²) in [4.78, 5) is 31.8. The Morgan fingerprint density at radius 2 is 1.97 bits per heavy atom. The first-order chi connectivity index (χ1) is 14.7. The van der Waals surface area contributed by atoms with E-state index in [1.165, 1.54) is 43.4 Å². The predicted molar refractivity (Wildman–Crippen MR) is 112 cm³/mol. The fourth-order valence-corrected chi connectivity index (χ4v) is 2.83. The normalized spacial score (nSPS) is 10.5. The maximum absolute atomic E-state index is 15.2. The SMILES string of the molecule is CN(C)C(=O)c1c(N)ccc(-c2cnc([N+](=O)[O-])c(OCc3ccnc(N)c3)c2)c1F.